The van der Waals surface area contributed by atoms with Gasteiger partial charge in [-0.1, -0.05) is 62.4 Å². The van der Waals surface area contributed by atoms with Crippen molar-refractivity contribution in [1.82, 2.24) is 0 Å². The van der Waals surface area contributed by atoms with E-state index >= 15 is 0 Å². The van der Waals surface area contributed by atoms with Crippen molar-refractivity contribution in [1.29, 1.82) is 0 Å². The lowest BCUT2D eigenvalue weighted by molar-refractivity contribution is 0.102. The average Bonchev–Trinajstić information content (AvgIpc) is 2.75. The number of nitrogens with one attached hydrogen (secondary N) is 1. The number of carbonyl (C=O) groups excluding carboxylic acids is 1. The average molecular weight is 396 g/mol. The van der Waals surface area contributed by atoms with Crippen molar-refractivity contribution in [2.24, 2.45) is 4.99 Å². The molecule has 4 heteroatoms. The van der Waals surface area contributed by atoms with Crippen LogP contribution in [0.25, 0.3) is 11.0 Å². The summed E-state index contributed by atoms with van der Waals surface area (Å²) in [6, 6.07) is 25.1. The normalized spacial score (nSPS) is 11.8. The first kappa shape index (κ1) is 19.6. The van der Waals surface area contributed by atoms with Crippen LogP contribution in [-0.2, 0) is 0 Å². The molecule has 3 aromatic carbocycles. The van der Waals surface area contributed by atoms with Crippen LogP contribution in [0, 0.1) is 6.92 Å². The van der Waals surface area contributed by atoms with E-state index in [9.17, 15) is 4.79 Å². The van der Waals surface area contributed by atoms with Crippen molar-refractivity contribution in [3.63, 3.8) is 0 Å². The molecule has 1 N–H and O–H groups in total. The highest BCUT2D eigenvalue weighted by atomic mass is 16.3. The number of anilines is 1. The first-order valence-electron chi connectivity index (χ1n) is 10.1. The zero-order chi connectivity index (χ0) is 21.1. The van der Waals surface area contributed by atoms with E-state index in [2.05, 4.69) is 36.3 Å². The third-order valence-electron chi connectivity index (χ3n) is 5.08. The summed E-state index contributed by atoms with van der Waals surface area (Å²) >= 11 is 0. The molecule has 0 unspecified atom stereocenters. The molecule has 30 heavy (non-hydrogen) atoms. The van der Waals surface area contributed by atoms with E-state index in [0.29, 0.717) is 17.1 Å². The van der Waals surface area contributed by atoms with E-state index in [1.807, 2.05) is 73.7 Å². The Kier molecular flexibility index (Phi) is 5.48. The number of hydrogen-bond donors (Lipinski definition) is 1. The van der Waals surface area contributed by atoms with Crippen molar-refractivity contribution in [3.05, 3.63) is 101 Å². The molecular weight excluding hydrogens is 372 g/mol. The van der Waals surface area contributed by atoms with Crippen molar-refractivity contribution in [2.45, 2.75) is 26.7 Å². The maximum atomic E-state index is 13.1. The lowest BCUT2D eigenvalue weighted by atomic mass is 10.0. The lowest BCUT2D eigenvalue weighted by Crippen LogP contribution is -2.22. The molecule has 0 atom stereocenters. The van der Waals surface area contributed by atoms with Crippen LogP contribution in [0.4, 0.5) is 11.4 Å². The number of amides is 1. The molecule has 0 spiro atoms. The largest absolute Gasteiger partial charge is 0.438 e. The molecule has 0 saturated carbocycles. The summed E-state index contributed by atoms with van der Waals surface area (Å²) in [5.41, 5.74) is 5.10. The van der Waals surface area contributed by atoms with Crippen LogP contribution in [0.3, 0.4) is 0 Å². The third-order valence-corrected chi connectivity index (χ3v) is 5.08. The van der Waals surface area contributed by atoms with Crippen LogP contribution in [0.2, 0.25) is 0 Å². The Labute approximate surface area is 175 Å². The Bertz CT molecular complexity index is 1270. The summed E-state index contributed by atoms with van der Waals surface area (Å²) in [6.45, 7) is 6.26. The van der Waals surface area contributed by atoms with Crippen molar-refractivity contribution >= 4 is 28.3 Å². The predicted molar refractivity (Wildman–Crippen MR) is 121 cm³/mol. The highest BCUT2D eigenvalue weighted by Gasteiger charge is 2.14. The highest BCUT2D eigenvalue weighted by Crippen LogP contribution is 2.20. The van der Waals surface area contributed by atoms with E-state index in [4.69, 9.17) is 4.42 Å². The molecule has 0 saturated heterocycles. The van der Waals surface area contributed by atoms with Crippen LogP contribution < -0.4 is 10.9 Å². The van der Waals surface area contributed by atoms with Gasteiger partial charge in [0.1, 0.15) is 11.1 Å². The maximum absolute atomic E-state index is 13.1. The molecule has 1 heterocycles. The Morgan fingerprint density at radius 3 is 2.37 bits per heavy atom. The Hall–Kier alpha value is -3.66. The second-order valence-corrected chi connectivity index (χ2v) is 7.63. The molecule has 0 aliphatic rings. The zero-order valence-corrected chi connectivity index (χ0v) is 17.3. The van der Waals surface area contributed by atoms with Gasteiger partial charge in [-0.15, -0.1) is 0 Å². The minimum atomic E-state index is -0.253. The Balaban J connectivity index is 1.81. The van der Waals surface area contributed by atoms with Crippen molar-refractivity contribution in [3.8, 4) is 0 Å². The summed E-state index contributed by atoms with van der Waals surface area (Å²) < 4.78 is 6.04. The molecule has 0 aliphatic heterocycles. The number of para-hydroxylation sites is 2. The van der Waals surface area contributed by atoms with Gasteiger partial charge < -0.3 is 9.73 Å². The molecule has 0 fully saturated rings. The number of carbonyl (C=O) groups is 1. The second-order valence-electron chi connectivity index (χ2n) is 7.63. The van der Waals surface area contributed by atoms with Gasteiger partial charge in [-0.25, -0.2) is 4.99 Å². The zero-order valence-electron chi connectivity index (χ0n) is 17.3. The summed E-state index contributed by atoms with van der Waals surface area (Å²) in [5, 5.41) is 3.83. The fourth-order valence-electron chi connectivity index (χ4n) is 3.27. The summed E-state index contributed by atoms with van der Waals surface area (Å²) in [7, 11) is 0. The fourth-order valence-corrected chi connectivity index (χ4v) is 3.27. The molecule has 4 rings (SSSR count). The van der Waals surface area contributed by atoms with Gasteiger partial charge in [0.2, 0.25) is 5.55 Å². The van der Waals surface area contributed by atoms with Crippen LogP contribution in [0.15, 0.2) is 88.3 Å². The van der Waals surface area contributed by atoms with Crippen LogP contribution >= 0.6 is 0 Å². The van der Waals surface area contributed by atoms with E-state index in [1.54, 1.807) is 0 Å². The number of rotatable bonds is 4. The molecule has 0 bridgehead atoms. The van der Waals surface area contributed by atoms with Crippen LogP contribution in [0.1, 0.15) is 41.3 Å². The van der Waals surface area contributed by atoms with Gasteiger partial charge >= 0.3 is 0 Å². The Morgan fingerprint density at radius 1 is 0.933 bits per heavy atom. The van der Waals surface area contributed by atoms with Crippen molar-refractivity contribution < 1.29 is 9.21 Å². The molecule has 4 nitrogen and oxygen atoms in total. The van der Waals surface area contributed by atoms with Gasteiger partial charge in [-0.3, -0.25) is 4.79 Å². The summed E-state index contributed by atoms with van der Waals surface area (Å²) in [5.74, 6) is 0.191. The third kappa shape index (κ3) is 4.18. The minimum absolute atomic E-state index is 0.253. The molecule has 1 amide bonds. The highest BCUT2D eigenvalue weighted by molar-refractivity contribution is 6.05. The molecule has 0 aliphatic carbocycles. The molecule has 1 aromatic heterocycles. The first-order valence-corrected chi connectivity index (χ1v) is 10.1. The topological polar surface area (TPSA) is 54.6 Å². The maximum Gasteiger partial charge on any atom is 0.261 e. The quantitative estimate of drug-likeness (QED) is 0.437. The smallest absolute Gasteiger partial charge is 0.261 e. The van der Waals surface area contributed by atoms with E-state index in [1.165, 1.54) is 5.56 Å². The number of benzene rings is 3. The van der Waals surface area contributed by atoms with E-state index < -0.39 is 0 Å². The van der Waals surface area contributed by atoms with Crippen molar-refractivity contribution in [2.75, 3.05) is 5.32 Å². The van der Waals surface area contributed by atoms with E-state index in [-0.39, 0.29) is 11.5 Å². The number of fused-ring (bicyclic) bond motifs is 1. The summed E-state index contributed by atoms with van der Waals surface area (Å²) in [4.78, 5) is 17.8. The first-order chi connectivity index (χ1) is 14.5. The number of hydrogen-bond acceptors (Lipinski definition) is 3. The second kappa shape index (κ2) is 8.37. The molecule has 150 valence electrons. The number of nitrogens with zero attached hydrogens (tertiary/aromatic N) is 1. The monoisotopic (exact) mass is 396 g/mol. The molecule has 4 aromatic rings. The molecular formula is C26H24N2O2. The summed E-state index contributed by atoms with van der Waals surface area (Å²) in [6.07, 6.45) is 0. The van der Waals surface area contributed by atoms with Gasteiger partial charge in [0.05, 0.1) is 5.69 Å². The van der Waals surface area contributed by atoms with E-state index in [0.717, 1.165) is 22.3 Å². The van der Waals surface area contributed by atoms with Gasteiger partial charge in [0.15, 0.2) is 0 Å². The standard InChI is InChI=1S/C26H24N2O2/c1-17(2)19-12-14-21(15-13-19)27-26-22(16-20-9-5-7-11-24(20)30-26)25(29)28-23-10-6-4-8-18(23)3/h4-17H,1-3H3,(H,28,29). The van der Waals surface area contributed by atoms with Crippen LogP contribution in [-0.4, -0.2) is 5.91 Å². The van der Waals surface area contributed by atoms with Gasteiger partial charge in [-0.2, -0.15) is 0 Å². The minimum Gasteiger partial charge on any atom is -0.438 e. The van der Waals surface area contributed by atoms with Crippen LogP contribution in [0.5, 0.6) is 0 Å². The van der Waals surface area contributed by atoms with Gasteiger partial charge in [0.25, 0.3) is 5.91 Å². The lowest BCUT2D eigenvalue weighted by Gasteiger charge is -2.09. The Morgan fingerprint density at radius 2 is 1.63 bits per heavy atom. The fraction of sp³-hybridized carbons (Fsp3) is 0.154. The predicted octanol–water partition coefficient (Wildman–Crippen LogP) is 6.35. The van der Waals surface area contributed by atoms with Gasteiger partial charge in [-0.05, 0) is 54.3 Å². The van der Waals surface area contributed by atoms with Gasteiger partial charge in [0, 0.05) is 11.1 Å². The number of aryl methyl sites for hydroxylation is 1. The molecule has 0 radical (unpaired) electrons. The SMILES string of the molecule is Cc1ccccc1NC(=O)c1cc2ccccc2oc1=Nc1ccc(C(C)C)cc1.